The van der Waals surface area contributed by atoms with Gasteiger partial charge in [-0.25, -0.2) is 4.98 Å². The molecule has 0 bridgehead atoms. The Morgan fingerprint density at radius 1 is 1.06 bits per heavy atom. The molecule has 0 aliphatic carbocycles. The number of aromatic nitrogens is 2. The van der Waals surface area contributed by atoms with Crippen LogP contribution in [0.3, 0.4) is 0 Å². The summed E-state index contributed by atoms with van der Waals surface area (Å²) in [5, 5.41) is 12.1. The quantitative estimate of drug-likeness (QED) is 0.174. The number of Topliss-reactive ketones (excluding diaryl/α,β-unsaturated/α-hetero) is 1. The highest BCUT2D eigenvalue weighted by atomic mass is 35.5. The summed E-state index contributed by atoms with van der Waals surface area (Å²) in [7, 11) is 0. The Hall–Kier alpha value is -3.26. The van der Waals surface area contributed by atoms with E-state index in [0.717, 1.165) is 15.8 Å². The summed E-state index contributed by atoms with van der Waals surface area (Å²) in [5.41, 5.74) is 2.57. The zero-order chi connectivity index (χ0) is 25.8. The Morgan fingerprint density at radius 2 is 1.83 bits per heavy atom. The number of carbonyl (C=O) groups excluding carboxylic acids is 2. The van der Waals surface area contributed by atoms with Crippen LogP contribution in [0.5, 0.6) is 0 Å². The van der Waals surface area contributed by atoms with Crippen LogP contribution in [0, 0.1) is 0 Å². The molecule has 182 valence electrons. The Bertz CT molecular complexity index is 1560. The van der Waals surface area contributed by atoms with Crippen LogP contribution in [-0.4, -0.2) is 26.8 Å². The maximum atomic E-state index is 13.4. The first-order valence-corrected chi connectivity index (χ1v) is 12.7. The molecule has 1 saturated heterocycles. The molecular weight excluding hydrogens is 517 g/mol. The van der Waals surface area contributed by atoms with Crippen LogP contribution in [0.25, 0.3) is 16.0 Å². The standard InChI is InChI=1S/C27H21Cl2N3O3S/c1-27(2,3)16-7-9-19-20(12-16)36-26(31-19)32-22(15-5-4-10-30-13-15)21(24(34)25(32)35)23(33)14-6-8-17(28)18(29)11-14/h4-13,22,33H,1-3H3/b23-21+. The number of hydrogen-bond acceptors (Lipinski definition) is 6. The number of fused-ring (bicyclic) bond motifs is 1. The minimum atomic E-state index is -0.921. The third-order valence-corrected chi connectivity index (χ3v) is 7.84. The lowest BCUT2D eigenvalue weighted by atomic mass is 9.87. The number of hydrogen-bond donors (Lipinski definition) is 1. The molecule has 1 N–H and O–H groups in total. The van der Waals surface area contributed by atoms with E-state index in [1.807, 2.05) is 12.1 Å². The first-order valence-electron chi connectivity index (χ1n) is 11.1. The molecule has 1 aliphatic heterocycles. The van der Waals surface area contributed by atoms with Gasteiger partial charge in [0.1, 0.15) is 5.76 Å². The Balaban J connectivity index is 1.70. The lowest BCUT2D eigenvalue weighted by Gasteiger charge is -2.22. The van der Waals surface area contributed by atoms with Gasteiger partial charge >= 0.3 is 5.91 Å². The van der Waals surface area contributed by atoms with Crippen LogP contribution >= 0.6 is 34.5 Å². The van der Waals surface area contributed by atoms with E-state index in [0.29, 0.717) is 15.7 Å². The van der Waals surface area contributed by atoms with E-state index in [1.54, 1.807) is 30.6 Å². The molecule has 0 radical (unpaired) electrons. The molecule has 1 unspecified atom stereocenters. The number of aliphatic hydroxyl groups excluding tert-OH is 1. The summed E-state index contributed by atoms with van der Waals surface area (Å²) in [5.74, 6) is -1.94. The average Bonchev–Trinajstić information content (AvgIpc) is 3.38. The summed E-state index contributed by atoms with van der Waals surface area (Å²) < 4.78 is 0.897. The molecule has 1 aliphatic rings. The van der Waals surface area contributed by atoms with Gasteiger partial charge in [-0.05, 0) is 52.9 Å². The SMILES string of the molecule is CC(C)(C)c1ccc2nc(N3C(=O)C(=O)/C(=C(/O)c4ccc(Cl)c(Cl)c4)C3c3cccnc3)sc2c1. The van der Waals surface area contributed by atoms with E-state index in [9.17, 15) is 14.7 Å². The molecule has 5 rings (SSSR count). The van der Waals surface area contributed by atoms with Crippen LogP contribution in [-0.2, 0) is 15.0 Å². The number of ketones is 1. The number of anilines is 1. The minimum absolute atomic E-state index is 0.0580. The second-order valence-corrected chi connectivity index (χ2v) is 11.3. The van der Waals surface area contributed by atoms with Gasteiger partial charge in [0, 0.05) is 18.0 Å². The summed E-state index contributed by atoms with van der Waals surface area (Å²) in [6.45, 7) is 6.38. The van der Waals surface area contributed by atoms with E-state index >= 15 is 0 Å². The van der Waals surface area contributed by atoms with Gasteiger partial charge in [0.15, 0.2) is 5.13 Å². The molecule has 0 spiro atoms. The van der Waals surface area contributed by atoms with Crippen molar-refractivity contribution >= 4 is 67.3 Å². The highest BCUT2D eigenvalue weighted by Crippen LogP contribution is 2.44. The lowest BCUT2D eigenvalue weighted by Crippen LogP contribution is -2.29. The smallest absolute Gasteiger partial charge is 0.301 e. The van der Waals surface area contributed by atoms with Crippen molar-refractivity contribution < 1.29 is 14.7 Å². The number of rotatable bonds is 3. The topological polar surface area (TPSA) is 83.4 Å². The van der Waals surface area contributed by atoms with Gasteiger partial charge in [-0.15, -0.1) is 0 Å². The monoisotopic (exact) mass is 537 g/mol. The number of benzene rings is 2. The molecule has 4 aromatic rings. The van der Waals surface area contributed by atoms with Crippen LogP contribution in [0.2, 0.25) is 10.0 Å². The number of carbonyl (C=O) groups is 2. The van der Waals surface area contributed by atoms with Crippen molar-refractivity contribution in [1.29, 1.82) is 0 Å². The molecule has 36 heavy (non-hydrogen) atoms. The van der Waals surface area contributed by atoms with Gasteiger partial charge in [0.25, 0.3) is 5.78 Å². The van der Waals surface area contributed by atoms with Crippen molar-refractivity contribution in [3.05, 3.63) is 93.2 Å². The molecule has 9 heteroatoms. The van der Waals surface area contributed by atoms with Crippen molar-refractivity contribution in [3.63, 3.8) is 0 Å². The predicted octanol–water partition coefficient (Wildman–Crippen LogP) is 6.92. The summed E-state index contributed by atoms with van der Waals surface area (Å²) in [6, 6.07) is 13.1. The molecule has 1 fully saturated rings. The van der Waals surface area contributed by atoms with Gasteiger partial charge < -0.3 is 5.11 Å². The fraction of sp³-hybridized carbons (Fsp3) is 0.185. The van der Waals surface area contributed by atoms with Crippen LogP contribution in [0.4, 0.5) is 5.13 Å². The second-order valence-electron chi connectivity index (χ2n) is 9.51. The highest BCUT2D eigenvalue weighted by molar-refractivity contribution is 7.22. The molecule has 1 amide bonds. The molecule has 2 aromatic heterocycles. The van der Waals surface area contributed by atoms with Crippen molar-refractivity contribution in [2.24, 2.45) is 0 Å². The van der Waals surface area contributed by atoms with E-state index in [2.05, 4.69) is 36.8 Å². The van der Waals surface area contributed by atoms with Crippen molar-refractivity contribution in [2.45, 2.75) is 32.2 Å². The fourth-order valence-corrected chi connectivity index (χ4v) is 5.49. The zero-order valence-corrected chi connectivity index (χ0v) is 21.9. The Morgan fingerprint density at radius 3 is 2.50 bits per heavy atom. The number of pyridine rings is 1. The average molecular weight is 538 g/mol. The minimum Gasteiger partial charge on any atom is -0.507 e. The first-order chi connectivity index (χ1) is 17.1. The maximum Gasteiger partial charge on any atom is 0.301 e. The van der Waals surface area contributed by atoms with Crippen LogP contribution in [0.1, 0.15) is 43.5 Å². The van der Waals surface area contributed by atoms with Gasteiger partial charge in [-0.3, -0.25) is 19.5 Å². The number of halogens is 2. The van der Waals surface area contributed by atoms with Crippen molar-refractivity contribution in [1.82, 2.24) is 9.97 Å². The zero-order valence-electron chi connectivity index (χ0n) is 19.6. The van der Waals surface area contributed by atoms with Crippen molar-refractivity contribution in [3.8, 4) is 0 Å². The summed E-state index contributed by atoms with van der Waals surface area (Å²) in [6.07, 6.45) is 3.16. The largest absolute Gasteiger partial charge is 0.507 e. The third kappa shape index (κ3) is 4.17. The Labute approximate surface area is 221 Å². The van der Waals surface area contributed by atoms with Crippen molar-refractivity contribution in [2.75, 3.05) is 4.90 Å². The van der Waals surface area contributed by atoms with Crippen LogP contribution in [0.15, 0.2) is 66.5 Å². The van der Waals surface area contributed by atoms with E-state index in [1.165, 1.54) is 28.4 Å². The third-order valence-electron chi connectivity index (χ3n) is 6.09. The number of amides is 1. The number of aliphatic hydroxyl groups is 1. The fourth-order valence-electron chi connectivity index (χ4n) is 4.16. The summed E-state index contributed by atoms with van der Waals surface area (Å²) >= 11 is 13.5. The molecule has 2 aromatic carbocycles. The van der Waals surface area contributed by atoms with Gasteiger partial charge in [0.05, 0.1) is 31.9 Å². The molecule has 3 heterocycles. The normalized spacial score (nSPS) is 17.8. The van der Waals surface area contributed by atoms with Gasteiger partial charge in [-0.2, -0.15) is 0 Å². The molecule has 0 saturated carbocycles. The maximum absolute atomic E-state index is 13.4. The summed E-state index contributed by atoms with van der Waals surface area (Å²) in [4.78, 5) is 36.9. The predicted molar refractivity (Wildman–Crippen MR) is 144 cm³/mol. The van der Waals surface area contributed by atoms with Crippen LogP contribution < -0.4 is 4.90 Å². The lowest BCUT2D eigenvalue weighted by molar-refractivity contribution is -0.132. The van der Waals surface area contributed by atoms with Gasteiger partial charge in [-0.1, -0.05) is 67.4 Å². The van der Waals surface area contributed by atoms with E-state index in [-0.39, 0.29) is 27.3 Å². The van der Waals surface area contributed by atoms with E-state index in [4.69, 9.17) is 23.2 Å². The Kier molecular flexibility index (Phi) is 6.11. The molecular formula is C27H21Cl2N3O3S. The highest BCUT2D eigenvalue weighted by Gasteiger charge is 2.48. The number of nitrogens with zero attached hydrogens (tertiary/aromatic N) is 3. The van der Waals surface area contributed by atoms with Gasteiger partial charge in [0.2, 0.25) is 0 Å². The van der Waals surface area contributed by atoms with E-state index < -0.39 is 17.7 Å². The number of thiazole rings is 1. The molecule has 6 nitrogen and oxygen atoms in total. The second kappa shape index (κ2) is 9.00. The first kappa shape index (κ1) is 24.4. The molecule has 1 atom stereocenters.